The van der Waals surface area contributed by atoms with Crippen molar-refractivity contribution in [2.24, 2.45) is 11.8 Å². The fourth-order valence-corrected chi connectivity index (χ4v) is 3.81. The maximum Gasteiger partial charge on any atom is 0.104 e. The topological polar surface area (TPSA) is 23.5 Å². The molecule has 3 unspecified atom stereocenters. The third-order valence-corrected chi connectivity index (χ3v) is 5.02. The Hall–Kier alpha value is -0.820. The van der Waals surface area contributed by atoms with E-state index < -0.39 is 0 Å². The largest absolute Gasteiger partial charge is 0.384 e. The Morgan fingerprint density at radius 2 is 2.16 bits per heavy atom. The van der Waals surface area contributed by atoms with Crippen molar-refractivity contribution in [1.29, 1.82) is 0 Å². The molecule has 1 N–H and O–H groups in total. The van der Waals surface area contributed by atoms with Gasteiger partial charge in [0.2, 0.25) is 0 Å². The minimum absolute atomic E-state index is 0.0641. The zero-order valence-electron chi connectivity index (χ0n) is 12.0. The Morgan fingerprint density at radius 1 is 1.37 bits per heavy atom. The first-order chi connectivity index (χ1) is 9.10. The molecule has 2 nitrogen and oxygen atoms in total. The highest BCUT2D eigenvalue weighted by Gasteiger charge is 2.28. The number of thiophene rings is 1. The number of aliphatic hydroxyl groups is 1. The molecule has 1 aliphatic rings. The molecule has 0 radical (unpaired) electrons. The summed E-state index contributed by atoms with van der Waals surface area (Å²) in [5.41, 5.74) is 0. The Bertz CT molecular complexity index is 471. The van der Waals surface area contributed by atoms with Crippen LogP contribution in [-0.2, 0) is 6.54 Å². The lowest BCUT2D eigenvalue weighted by Gasteiger charge is -2.40. The molecule has 19 heavy (non-hydrogen) atoms. The molecule has 0 spiro atoms. The van der Waals surface area contributed by atoms with Crippen LogP contribution in [0.4, 0.5) is 0 Å². The molecule has 3 heteroatoms. The quantitative estimate of drug-likeness (QED) is 0.840. The summed E-state index contributed by atoms with van der Waals surface area (Å²) in [6.45, 7) is 9.21. The zero-order valence-corrected chi connectivity index (χ0v) is 12.8. The first-order valence-electron chi connectivity index (χ1n) is 7.02. The molecule has 0 bridgehead atoms. The first-order valence-corrected chi connectivity index (χ1v) is 7.84. The lowest BCUT2D eigenvalue weighted by molar-refractivity contribution is 0.0739. The monoisotopic (exact) mass is 277 g/mol. The van der Waals surface area contributed by atoms with Crippen LogP contribution in [0, 0.1) is 23.7 Å². The van der Waals surface area contributed by atoms with Crippen LogP contribution in [0.3, 0.4) is 0 Å². The number of hydrogen-bond acceptors (Lipinski definition) is 3. The molecule has 1 aromatic rings. The second-order valence-corrected chi connectivity index (χ2v) is 6.88. The summed E-state index contributed by atoms with van der Waals surface area (Å²) < 4.78 is 0. The molecular formula is C16H23NOS. The summed E-state index contributed by atoms with van der Waals surface area (Å²) in [6, 6.07) is 4.89. The van der Waals surface area contributed by atoms with Crippen molar-refractivity contribution in [3.8, 4) is 11.8 Å². The van der Waals surface area contributed by atoms with Crippen LogP contribution in [0.2, 0.25) is 0 Å². The summed E-state index contributed by atoms with van der Waals surface area (Å²) in [6.07, 6.45) is 1.34. The molecule has 1 saturated heterocycles. The Labute approximate surface area is 120 Å². The van der Waals surface area contributed by atoms with Crippen LogP contribution in [0.5, 0.6) is 0 Å². The number of nitrogens with zero attached hydrogens (tertiary/aromatic N) is 1. The van der Waals surface area contributed by atoms with E-state index in [0.29, 0.717) is 6.04 Å². The highest BCUT2D eigenvalue weighted by molar-refractivity contribution is 7.12. The van der Waals surface area contributed by atoms with E-state index in [2.05, 4.69) is 49.6 Å². The van der Waals surface area contributed by atoms with Gasteiger partial charge in [0.15, 0.2) is 0 Å². The number of rotatable bonds is 2. The fraction of sp³-hybridized carbons (Fsp3) is 0.625. The van der Waals surface area contributed by atoms with E-state index in [4.69, 9.17) is 5.11 Å². The van der Waals surface area contributed by atoms with Crippen molar-refractivity contribution < 1.29 is 5.11 Å². The fourth-order valence-electron chi connectivity index (χ4n) is 2.90. The van der Waals surface area contributed by atoms with Crippen molar-refractivity contribution >= 4 is 11.3 Å². The third kappa shape index (κ3) is 3.82. The summed E-state index contributed by atoms with van der Waals surface area (Å²) in [5.74, 6) is 7.25. The van der Waals surface area contributed by atoms with Crippen molar-refractivity contribution in [2.45, 2.75) is 39.8 Å². The normalized spacial score (nSPS) is 27.9. The molecule has 0 aromatic carbocycles. The van der Waals surface area contributed by atoms with Crippen molar-refractivity contribution in [3.05, 3.63) is 21.9 Å². The van der Waals surface area contributed by atoms with Gasteiger partial charge in [0.05, 0.1) is 4.88 Å². The standard InChI is InChI=1S/C16H23NOS/c1-12-9-13(2)14(3)17(10-12)11-16-7-6-15(19-16)5-4-8-18/h6-7,12-14,18H,8-11H2,1-3H3. The Kier molecular flexibility index (Phi) is 5.04. The van der Waals surface area contributed by atoms with E-state index in [-0.39, 0.29) is 6.61 Å². The lowest BCUT2D eigenvalue weighted by atomic mass is 9.86. The van der Waals surface area contributed by atoms with E-state index in [9.17, 15) is 0 Å². The maximum atomic E-state index is 8.71. The molecule has 2 rings (SSSR count). The molecule has 2 heterocycles. The summed E-state index contributed by atoms with van der Waals surface area (Å²) >= 11 is 1.74. The number of piperidine rings is 1. The van der Waals surface area contributed by atoms with Gasteiger partial charge in [-0.25, -0.2) is 0 Å². The van der Waals surface area contributed by atoms with Gasteiger partial charge in [0.25, 0.3) is 0 Å². The summed E-state index contributed by atoms with van der Waals surface area (Å²) in [5, 5.41) is 8.71. The second kappa shape index (κ2) is 6.56. The van der Waals surface area contributed by atoms with Gasteiger partial charge < -0.3 is 5.11 Å². The van der Waals surface area contributed by atoms with Gasteiger partial charge in [0, 0.05) is 24.0 Å². The van der Waals surface area contributed by atoms with Gasteiger partial charge in [-0.2, -0.15) is 0 Å². The van der Waals surface area contributed by atoms with Crippen LogP contribution in [-0.4, -0.2) is 29.2 Å². The average molecular weight is 277 g/mol. The molecule has 0 saturated carbocycles. The minimum atomic E-state index is -0.0641. The third-order valence-electron chi connectivity index (χ3n) is 4.03. The molecule has 1 aliphatic heterocycles. The van der Waals surface area contributed by atoms with E-state index in [1.165, 1.54) is 17.8 Å². The number of hydrogen-bond donors (Lipinski definition) is 1. The highest BCUT2D eigenvalue weighted by Crippen LogP contribution is 2.29. The number of aliphatic hydroxyl groups excluding tert-OH is 1. The van der Waals surface area contributed by atoms with Gasteiger partial charge in [-0.05, 0) is 37.3 Å². The molecular weight excluding hydrogens is 254 g/mol. The Morgan fingerprint density at radius 3 is 2.89 bits per heavy atom. The predicted octanol–water partition coefficient (Wildman–Crippen LogP) is 2.96. The SMILES string of the molecule is CC1CC(C)C(C)N(Cc2ccc(C#CCO)s2)C1. The van der Waals surface area contributed by atoms with Gasteiger partial charge in [-0.3, -0.25) is 4.90 Å². The Balaban J connectivity index is 2.01. The van der Waals surface area contributed by atoms with Gasteiger partial charge in [-0.1, -0.05) is 25.7 Å². The van der Waals surface area contributed by atoms with E-state index in [0.717, 1.165) is 23.3 Å². The summed E-state index contributed by atoms with van der Waals surface area (Å²) in [7, 11) is 0. The van der Waals surface area contributed by atoms with E-state index >= 15 is 0 Å². The number of likely N-dealkylation sites (tertiary alicyclic amines) is 1. The molecule has 1 aromatic heterocycles. The van der Waals surface area contributed by atoms with Crippen LogP contribution in [0.1, 0.15) is 36.9 Å². The van der Waals surface area contributed by atoms with Crippen molar-refractivity contribution in [1.82, 2.24) is 4.90 Å². The van der Waals surface area contributed by atoms with Gasteiger partial charge in [-0.15, -0.1) is 11.3 Å². The molecule has 0 aliphatic carbocycles. The van der Waals surface area contributed by atoms with E-state index in [1.54, 1.807) is 11.3 Å². The lowest BCUT2D eigenvalue weighted by Crippen LogP contribution is -2.44. The van der Waals surface area contributed by atoms with Crippen LogP contribution < -0.4 is 0 Å². The van der Waals surface area contributed by atoms with Gasteiger partial charge in [0.1, 0.15) is 6.61 Å². The zero-order chi connectivity index (χ0) is 13.8. The minimum Gasteiger partial charge on any atom is -0.384 e. The van der Waals surface area contributed by atoms with Crippen molar-refractivity contribution in [2.75, 3.05) is 13.2 Å². The molecule has 1 fully saturated rings. The van der Waals surface area contributed by atoms with Gasteiger partial charge >= 0.3 is 0 Å². The average Bonchev–Trinajstić information content (AvgIpc) is 2.80. The maximum absolute atomic E-state index is 8.71. The smallest absolute Gasteiger partial charge is 0.104 e. The first kappa shape index (κ1) is 14.6. The molecule has 104 valence electrons. The second-order valence-electron chi connectivity index (χ2n) is 5.71. The van der Waals surface area contributed by atoms with Crippen LogP contribution in [0.25, 0.3) is 0 Å². The highest BCUT2D eigenvalue weighted by atomic mass is 32.1. The predicted molar refractivity (Wildman–Crippen MR) is 81.1 cm³/mol. The van der Waals surface area contributed by atoms with E-state index in [1.807, 2.05) is 0 Å². The van der Waals surface area contributed by atoms with Crippen molar-refractivity contribution in [3.63, 3.8) is 0 Å². The van der Waals surface area contributed by atoms with Crippen LogP contribution >= 0.6 is 11.3 Å². The molecule has 3 atom stereocenters. The van der Waals surface area contributed by atoms with Crippen LogP contribution in [0.15, 0.2) is 12.1 Å². The molecule has 0 amide bonds. The summed E-state index contributed by atoms with van der Waals surface area (Å²) in [4.78, 5) is 5.01.